The Morgan fingerprint density at radius 1 is 1.19 bits per heavy atom. The van der Waals surface area contributed by atoms with E-state index in [0.29, 0.717) is 6.04 Å². The highest BCUT2D eigenvalue weighted by atomic mass is 16.4. The number of aromatic nitrogens is 3. The van der Waals surface area contributed by atoms with Gasteiger partial charge in [0.2, 0.25) is 0 Å². The summed E-state index contributed by atoms with van der Waals surface area (Å²) in [5.74, 6) is -0.830. The van der Waals surface area contributed by atoms with Crippen molar-refractivity contribution in [3.8, 4) is 5.69 Å². The summed E-state index contributed by atoms with van der Waals surface area (Å²) < 4.78 is 1.71. The van der Waals surface area contributed by atoms with E-state index < -0.39 is 5.97 Å². The zero-order valence-electron chi connectivity index (χ0n) is 11.6. The van der Waals surface area contributed by atoms with Crippen LogP contribution >= 0.6 is 0 Å². The van der Waals surface area contributed by atoms with Crippen LogP contribution in [-0.2, 0) is 4.79 Å². The molecule has 21 heavy (non-hydrogen) atoms. The van der Waals surface area contributed by atoms with Crippen LogP contribution in [0.25, 0.3) is 5.69 Å². The quantitative estimate of drug-likeness (QED) is 0.901. The van der Waals surface area contributed by atoms with Gasteiger partial charge in [-0.1, -0.05) is 5.21 Å². The van der Waals surface area contributed by atoms with Crippen molar-refractivity contribution < 1.29 is 9.90 Å². The number of rotatable bonds is 4. The molecule has 2 aromatic rings. The Labute approximate surface area is 122 Å². The standard InChI is InChI=1S/C15H18N4O2/c20-15(21)11-1-3-12(4-2-11)17-13-5-7-14(8-6-13)19-10-9-16-18-19/h5-12,17H,1-4H2,(H,20,21). The molecule has 3 rings (SSSR count). The molecule has 0 amide bonds. The van der Waals surface area contributed by atoms with Gasteiger partial charge in [-0.15, -0.1) is 5.10 Å². The second kappa shape index (κ2) is 5.95. The molecule has 0 radical (unpaired) electrons. The van der Waals surface area contributed by atoms with Crippen LogP contribution in [0, 0.1) is 5.92 Å². The zero-order chi connectivity index (χ0) is 14.7. The van der Waals surface area contributed by atoms with E-state index in [4.69, 9.17) is 5.11 Å². The lowest BCUT2D eigenvalue weighted by atomic mass is 9.86. The average Bonchev–Trinajstić information content (AvgIpc) is 3.03. The Bertz CT molecular complexity index is 587. The van der Waals surface area contributed by atoms with Crippen molar-refractivity contribution in [1.82, 2.24) is 15.0 Å². The predicted molar refractivity (Wildman–Crippen MR) is 78.4 cm³/mol. The lowest BCUT2D eigenvalue weighted by Crippen LogP contribution is -2.29. The Hall–Kier alpha value is -2.37. The molecule has 0 spiro atoms. The van der Waals surface area contributed by atoms with Crippen molar-refractivity contribution in [2.45, 2.75) is 31.7 Å². The van der Waals surface area contributed by atoms with Gasteiger partial charge in [0.25, 0.3) is 0 Å². The molecule has 0 unspecified atom stereocenters. The minimum absolute atomic E-state index is 0.169. The number of carboxylic acid groups (broad SMARTS) is 1. The van der Waals surface area contributed by atoms with E-state index in [-0.39, 0.29) is 5.92 Å². The fraction of sp³-hybridized carbons (Fsp3) is 0.400. The fourth-order valence-corrected chi connectivity index (χ4v) is 2.78. The van der Waals surface area contributed by atoms with Crippen molar-refractivity contribution in [1.29, 1.82) is 0 Å². The van der Waals surface area contributed by atoms with Crippen LogP contribution in [0.1, 0.15) is 25.7 Å². The van der Waals surface area contributed by atoms with Gasteiger partial charge in [-0.3, -0.25) is 4.79 Å². The van der Waals surface area contributed by atoms with Gasteiger partial charge in [0, 0.05) is 11.7 Å². The molecule has 0 aliphatic heterocycles. The Morgan fingerprint density at radius 2 is 1.90 bits per heavy atom. The van der Waals surface area contributed by atoms with E-state index in [0.717, 1.165) is 37.1 Å². The summed E-state index contributed by atoms with van der Waals surface area (Å²) in [6, 6.07) is 8.36. The third kappa shape index (κ3) is 3.21. The molecule has 1 fully saturated rings. The van der Waals surface area contributed by atoms with Crippen molar-refractivity contribution in [2.24, 2.45) is 5.92 Å². The van der Waals surface area contributed by atoms with Crippen LogP contribution in [0.2, 0.25) is 0 Å². The molecule has 1 saturated carbocycles. The number of aliphatic carboxylic acids is 1. The second-order valence-corrected chi connectivity index (χ2v) is 5.43. The number of benzene rings is 1. The maximum absolute atomic E-state index is 10.9. The topological polar surface area (TPSA) is 80.0 Å². The van der Waals surface area contributed by atoms with Crippen LogP contribution in [-0.4, -0.2) is 32.1 Å². The minimum atomic E-state index is -0.661. The Balaban J connectivity index is 1.58. The average molecular weight is 286 g/mol. The smallest absolute Gasteiger partial charge is 0.306 e. The maximum Gasteiger partial charge on any atom is 0.306 e. The van der Waals surface area contributed by atoms with Crippen LogP contribution < -0.4 is 5.32 Å². The second-order valence-electron chi connectivity index (χ2n) is 5.43. The van der Waals surface area contributed by atoms with E-state index in [1.54, 1.807) is 17.1 Å². The van der Waals surface area contributed by atoms with Gasteiger partial charge >= 0.3 is 5.97 Å². The number of hydrogen-bond acceptors (Lipinski definition) is 4. The lowest BCUT2D eigenvalue weighted by molar-refractivity contribution is -0.142. The van der Waals surface area contributed by atoms with Crippen molar-refractivity contribution in [3.63, 3.8) is 0 Å². The number of carboxylic acids is 1. The molecule has 0 atom stereocenters. The highest BCUT2D eigenvalue weighted by Crippen LogP contribution is 2.27. The zero-order valence-corrected chi connectivity index (χ0v) is 11.6. The molecule has 6 heteroatoms. The lowest BCUT2D eigenvalue weighted by Gasteiger charge is -2.27. The summed E-state index contributed by atoms with van der Waals surface area (Å²) in [5.41, 5.74) is 2.02. The van der Waals surface area contributed by atoms with E-state index >= 15 is 0 Å². The first-order valence-electron chi connectivity index (χ1n) is 7.18. The molecule has 1 aliphatic rings. The summed E-state index contributed by atoms with van der Waals surface area (Å²) in [7, 11) is 0. The molecule has 0 bridgehead atoms. The third-order valence-corrected chi connectivity index (χ3v) is 4.00. The van der Waals surface area contributed by atoms with Gasteiger partial charge in [0.05, 0.1) is 24.0 Å². The Morgan fingerprint density at radius 3 is 2.48 bits per heavy atom. The monoisotopic (exact) mass is 286 g/mol. The molecule has 1 aromatic carbocycles. The molecule has 0 saturated heterocycles. The predicted octanol–water partition coefficient (Wildman–Crippen LogP) is 2.32. The van der Waals surface area contributed by atoms with Gasteiger partial charge in [-0.25, -0.2) is 4.68 Å². The largest absolute Gasteiger partial charge is 0.481 e. The molecule has 1 heterocycles. The van der Waals surface area contributed by atoms with Crippen LogP contribution in [0.3, 0.4) is 0 Å². The minimum Gasteiger partial charge on any atom is -0.481 e. The summed E-state index contributed by atoms with van der Waals surface area (Å²) in [6.45, 7) is 0. The normalized spacial score (nSPS) is 21.9. The summed E-state index contributed by atoms with van der Waals surface area (Å²) in [4.78, 5) is 10.9. The molecular formula is C15H18N4O2. The number of carbonyl (C=O) groups is 1. The molecule has 6 nitrogen and oxygen atoms in total. The van der Waals surface area contributed by atoms with E-state index in [9.17, 15) is 4.79 Å². The highest BCUT2D eigenvalue weighted by Gasteiger charge is 2.25. The maximum atomic E-state index is 10.9. The van der Waals surface area contributed by atoms with E-state index in [2.05, 4.69) is 15.6 Å². The van der Waals surface area contributed by atoms with Gasteiger partial charge in [0.1, 0.15) is 0 Å². The van der Waals surface area contributed by atoms with Crippen LogP contribution in [0.4, 0.5) is 5.69 Å². The SMILES string of the molecule is O=C(O)C1CCC(Nc2ccc(-n3ccnn3)cc2)CC1. The molecule has 110 valence electrons. The van der Waals surface area contributed by atoms with Crippen molar-refractivity contribution in [2.75, 3.05) is 5.32 Å². The summed E-state index contributed by atoms with van der Waals surface area (Å²) in [5, 5.41) is 20.2. The number of anilines is 1. The summed E-state index contributed by atoms with van der Waals surface area (Å²) >= 11 is 0. The molecule has 1 aromatic heterocycles. The van der Waals surface area contributed by atoms with Gasteiger partial charge in [-0.2, -0.15) is 0 Å². The fourth-order valence-electron chi connectivity index (χ4n) is 2.78. The van der Waals surface area contributed by atoms with Gasteiger partial charge in [-0.05, 0) is 49.9 Å². The van der Waals surface area contributed by atoms with Crippen LogP contribution in [0.15, 0.2) is 36.7 Å². The highest BCUT2D eigenvalue weighted by molar-refractivity contribution is 5.70. The first-order valence-corrected chi connectivity index (χ1v) is 7.18. The first kappa shape index (κ1) is 13.6. The van der Waals surface area contributed by atoms with E-state index in [1.807, 2.05) is 24.3 Å². The third-order valence-electron chi connectivity index (χ3n) is 4.00. The van der Waals surface area contributed by atoms with Crippen LogP contribution in [0.5, 0.6) is 0 Å². The summed E-state index contributed by atoms with van der Waals surface area (Å²) in [6.07, 6.45) is 6.76. The molecule has 2 N–H and O–H groups in total. The number of nitrogens with one attached hydrogen (secondary N) is 1. The van der Waals surface area contributed by atoms with Crippen molar-refractivity contribution in [3.05, 3.63) is 36.7 Å². The Kier molecular flexibility index (Phi) is 3.85. The number of nitrogens with zero attached hydrogens (tertiary/aromatic N) is 3. The van der Waals surface area contributed by atoms with Gasteiger partial charge in [0.15, 0.2) is 0 Å². The van der Waals surface area contributed by atoms with Crippen molar-refractivity contribution >= 4 is 11.7 Å². The van der Waals surface area contributed by atoms with Gasteiger partial charge < -0.3 is 10.4 Å². The van der Waals surface area contributed by atoms with E-state index in [1.165, 1.54) is 0 Å². The molecular weight excluding hydrogens is 268 g/mol. The molecule has 1 aliphatic carbocycles. The number of hydrogen-bond donors (Lipinski definition) is 2. The first-order chi connectivity index (χ1) is 10.2.